The second-order valence-corrected chi connectivity index (χ2v) is 5.12. The van der Waals surface area contributed by atoms with Crippen molar-refractivity contribution in [3.8, 4) is 5.75 Å². The van der Waals surface area contributed by atoms with Crippen LogP contribution in [-0.2, 0) is 9.53 Å². The first-order valence-electron chi connectivity index (χ1n) is 6.93. The minimum atomic E-state index is -2.97. The van der Waals surface area contributed by atoms with Gasteiger partial charge < -0.3 is 20.1 Å². The summed E-state index contributed by atoms with van der Waals surface area (Å²) in [6.07, 6.45) is 0. The highest BCUT2D eigenvalue weighted by Crippen LogP contribution is 2.34. The predicted octanol–water partition coefficient (Wildman–Crippen LogP) is 2.64. The van der Waals surface area contributed by atoms with Crippen molar-refractivity contribution in [2.45, 2.75) is 26.5 Å². The Balaban J connectivity index is 2.48. The Kier molecular flexibility index (Phi) is 5.49. The topological polar surface area (TPSA) is 59.6 Å². The largest absolute Gasteiger partial charge is 0.463 e. The van der Waals surface area contributed by atoms with E-state index >= 15 is 0 Å². The van der Waals surface area contributed by atoms with Crippen LogP contribution in [0.1, 0.15) is 25.5 Å². The minimum Gasteiger partial charge on any atom is -0.463 e. The van der Waals surface area contributed by atoms with Crippen molar-refractivity contribution in [3.05, 3.63) is 41.1 Å². The van der Waals surface area contributed by atoms with E-state index < -0.39 is 18.6 Å². The van der Waals surface area contributed by atoms with Crippen molar-refractivity contribution < 1.29 is 23.0 Å². The highest BCUT2D eigenvalue weighted by atomic mass is 32.1. The van der Waals surface area contributed by atoms with Crippen molar-refractivity contribution >= 4 is 23.3 Å². The molecule has 2 rings (SSSR count). The molecule has 0 aromatic heterocycles. The van der Waals surface area contributed by atoms with Gasteiger partial charge in [0.1, 0.15) is 5.75 Å². The van der Waals surface area contributed by atoms with E-state index in [2.05, 4.69) is 15.4 Å². The Morgan fingerprint density at radius 2 is 2.09 bits per heavy atom. The van der Waals surface area contributed by atoms with Gasteiger partial charge in [-0.2, -0.15) is 8.78 Å². The molecule has 1 aromatic carbocycles. The van der Waals surface area contributed by atoms with Gasteiger partial charge >= 0.3 is 12.6 Å². The van der Waals surface area contributed by atoms with Gasteiger partial charge in [-0.3, -0.25) is 0 Å². The van der Waals surface area contributed by atoms with Crippen LogP contribution in [0.25, 0.3) is 0 Å². The summed E-state index contributed by atoms with van der Waals surface area (Å²) in [5.41, 5.74) is 1.15. The molecule has 0 aliphatic carbocycles. The number of carbonyl (C=O) groups excluding carboxylic acids is 1. The predicted molar refractivity (Wildman–Crippen MR) is 84.0 cm³/mol. The molecule has 1 heterocycles. The number of thiocarbonyl (C=S) groups is 1. The van der Waals surface area contributed by atoms with Crippen molar-refractivity contribution in [1.82, 2.24) is 10.6 Å². The smallest absolute Gasteiger partial charge is 0.387 e. The van der Waals surface area contributed by atoms with E-state index in [1.807, 2.05) is 0 Å². The Morgan fingerprint density at radius 3 is 2.74 bits per heavy atom. The molecule has 0 saturated heterocycles. The fraction of sp³-hybridized carbons (Fsp3) is 0.333. The van der Waals surface area contributed by atoms with Crippen LogP contribution in [-0.4, -0.2) is 24.3 Å². The van der Waals surface area contributed by atoms with Gasteiger partial charge in [-0.1, -0.05) is 18.2 Å². The molecule has 23 heavy (non-hydrogen) atoms. The molecule has 1 aliphatic heterocycles. The summed E-state index contributed by atoms with van der Waals surface area (Å²) in [5.74, 6) is -0.580. The number of nitrogens with one attached hydrogen (secondary N) is 2. The molecule has 0 bridgehead atoms. The lowest BCUT2D eigenvalue weighted by molar-refractivity contribution is -0.139. The van der Waals surface area contributed by atoms with Gasteiger partial charge in [0, 0.05) is 11.3 Å². The van der Waals surface area contributed by atoms with Crippen LogP contribution in [0.15, 0.2) is 35.5 Å². The van der Waals surface area contributed by atoms with Gasteiger partial charge in [0.15, 0.2) is 5.11 Å². The van der Waals surface area contributed by atoms with Crippen LogP contribution in [0.4, 0.5) is 8.78 Å². The van der Waals surface area contributed by atoms with Gasteiger partial charge in [0.25, 0.3) is 0 Å². The summed E-state index contributed by atoms with van der Waals surface area (Å²) in [6, 6.07) is 5.50. The molecule has 2 N–H and O–H groups in total. The lowest BCUT2D eigenvalue weighted by atomic mass is 9.95. The molecule has 1 aliphatic rings. The molecule has 0 amide bonds. The third-order valence-electron chi connectivity index (χ3n) is 3.21. The number of ether oxygens (including phenoxy) is 2. The summed E-state index contributed by atoms with van der Waals surface area (Å²) in [5, 5.41) is 6.03. The van der Waals surface area contributed by atoms with Gasteiger partial charge in [-0.15, -0.1) is 0 Å². The van der Waals surface area contributed by atoms with Gasteiger partial charge in [-0.25, -0.2) is 4.79 Å². The van der Waals surface area contributed by atoms with Crippen LogP contribution in [0, 0.1) is 0 Å². The zero-order chi connectivity index (χ0) is 17.0. The molecule has 0 radical (unpaired) electrons. The Labute approximate surface area is 137 Å². The third kappa shape index (κ3) is 3.95. The standard InChI is InChI=1S/C15H16F2N2O3S/c1-3-21-13(20)11-8(2)18-15(23)19-12(11)9-6-4-5-7-10(9)22-14(16)17/h4-7,12,14H,3H2,1-2H3,(H2,18,19,23)/t12-/m1/s1. The average Bonchev–Trinajstić information content (AvgIpc) is 2.46. The highest BCUT2D eigenvalue weighted by Gasteiger charge is 2.32. The fourth-order valence-electron chi connectivity index (χ4n) is 2.33. The average molecular weight is 342 g/mol. The number of benzene rings is 1. The monoisotopic (exact) mass is 342 g/mol. The minimum absolute atomic E-state index is 0.0284. The summed E-state index contributed by atoms with van der Waals surface area (Å²) in [4.78, 5) is 12.2. The molecular weight excluding hydrogens is 326 g/mol. The van der Waals surface area contributed by atoms with Crippen molar-refractivity contribution in [2.24, 2.45) is 0 Å². The zero-order valence-electron chi connectivity index (χ0n) is 12.6. The lowest BCUT2D eigenvalue weighted by Crippen LogP contribution is -2.45. The van der Waals surface area contributed by atoms with Crippen LogP contribution in [0.5, 0.6) is 5.75 Å². The summed E-state index contributed by atoms with van der Waals surface area (Å²) >= 11 is 5.10. The van der Waals surface area contributed by atoms with Crippen LogP contribution < -0.4 is 15.4 Å². The maximum atomic E-state index is 12.6. The van der Waals surface area contributed by atoms with E-state index in [1.165, 1.54) is 6.07 Å². The number of rotatable bonds is 5. The number of halogens is 2. The van der Waals surface area contributed by atoms with Crippen LogP contribution in [0.2, 0.25) is 0 Å². The molecular formula is C15H16F2N2O3S. The number of para-hydroxylation sites is 1. The summed E-state index contributed by atoms with van der Waals surface area (Å²) in [6.45, 7) is 0.580. The quantitative estimate of drug-likeness (QED) is 0.634. The number of alkyl halides is 2. The van der Waals surface area contributed by atoms with Crippen LogP contribution in [0.3, 0.4) is 0 Å². The maximum absolute atomic E-state index is 12.6. The first kappa shape index (κ1) is 17.1. The molecule has 0 unspecified atom stereocenters. The normalized spacial score (nSPS) is 17.6. The molecule has 124 valence electrons. The van der Waals surface area contributed by atoms with Gasteiger partial charge in [-0.05, 0) is 32.1 Å². The molecule has 1 atom stereocenters. The van der Waals surface area contributed by atoms with Crippen molar-refractivity contribution in [2.75, 3.05) is 6.61 Å². The van der Waals surface area contributed by atoms with E-state index in [1.54, 1.807) is 32.0 Å². The third-order valence-corrected chi connectivity index (χ3v) is 3.43. The van der Waals surface area contributed by atoms with Gasteiger partial charge in [0.2, 0.25) is 0 Å². The van der Waals surface area contributed by atoms with E-state index in [0.29, 0.717) is 11.3 Å². The number of hydrogen-bond acceptors (Lipinski definition) is 4. The SMILES string of the molecule is CCOC(=O)C1=C(C)NC(=S)N[C@@H]1c1ccccc1OC(F)F. The zero-order valence-corrected chi connectivity index (χ0v) is 13.4. The molecule has 0 fully saturated rings. The van der Waals surface area contributed by atoms with E-state index in [4.69, 9.17) is 17.0 Å². The van der Waals surface area contributed by atoms with Crippen molar-refractivity contribution in [3.63, 3.8) is 0 Å². The lowest BCUT2D eigenvalue weighted by Gasteiger charge is -2.30. The Morgan fingerprint density at radius 1 is 1.39 bits per heavy atom. The molecule has 1 aromatic rings. The summed E-state index contributed by atoms with van der Waals surface area (Å²) < 4.78 is 34.8. The van der Waals surface area contributed by atoms with E-state index in [-0.39, 0.29) is 23.0 Å². The van der Waals surface area contributed by atoms with Gasteiger partial charge in [0.05, 0.1) is 18.2 Å². The number of esters is 1. The first-order chi connectivity index (χ1) is 10.9. The maximum Gasteiger partial charge on any atom is 0.387 e. The number of carbonyl (C=O) groups is 1. The van der Waals surface area contributed by atoms with Crippen LogP contribution >= 0.6 is 12.2 Å². The highest BCUT2D eigenvalue weighted by molar-refractivity contribution is 7.80. The second-order valence-electron chi connectivity index (χ2n) is 4.71. The second kappa shape index (κ2) is 7.36. The number of hydrogen-bond donors (Lipinski definition) is 2. The molecule has 8 heteroatoms. The molecule has 0 saturated carbocycles. The first-order valence-corrected chi connectivity index (χ1v) is 7.34. The van der Waals surface area contributed by atoms with E-state index in [0.717, 1.165) is 0 Å². The number of allylic oxidation sites excluding steroid dienone is 1. The fourth-order valence-corrected chi connectivity index (χ4v) is 2.60. The summed E-state index contributed by atoms with van der Waals surface area (Å²) in [7, 11) is 0. The Bertz CT molecular complexity index is 649. The molecule has 0 spiro atoms. The Hall–Kier alpha value is -2.22. The molecule has 5 nitrogen and oxygen atoms in total. The van der Waals surface area contributed by atoms with E-state index in [9.17, 15) is 13.6 Å². The van der Waals surface area contributed by atoms with Crippen molar-refractivity contribution in [1.29, 1.82) is 0 Å².